The molecule has 0 radical (unpaired) electrons. The number of piperidine rings is 1. The second-order valence-corrected chi connectivity index (χ2v) is 5.25. The van der Waals surface area contributed by atoms with Gasteiger partial charge in [-0.15, -0.1) is 0 Å². The molecule has 0 aliphatic carbocycles. The number of methoxy groups -OCH3 is 1. The molecular weight excluding hydrogens is 243 g/mol. The molecule has 0 saturated carbocycles. The minimum atomic E-state index is -0.200. The van der Waals surface area contributed by atoms with E-state index in [9.17, 15) is 4.39 Å². The van der Waals surface area contributed by atoms with Crippen LogP contribution in [0.3, 0.4) is 0 Å². The number of nitrogens with two attached hydrogens (primary N) is 1. The molecule has 4 heteroatoms. The lowest BCUT2D eigenvalue weighted by atomic mass is 9.93. The first-order chi connectivity index (χ1) is 9.22. The van der Waals surface area contributed by atoms with Crippen molar-refractivity contribution in [3.05, 3.63) is 29.6 Å². The Hall–Kier alpha value is -1.13. The quantitative estimate of drug-likeness (QED) is 0.889. The standard InChI is InChI=1S/C15H23FN2O/c1-19-15-3-2-14(16)10-13(15)11-18-8-5-12(4-7-17)6-9-18/h2-3,10,12H,4-9,11,17H2,1H3. The molecule has 1 saturated heterocycles. The number of hydrogen-bond acceptors (Lipinski definition) is 3. The molecule has 106 valence electrons. The average molecular weight is 266 g/mol. The van der Waals surface area contributed by atoms with Crippen molar-refractivity contribution in [2.75, 3.05) is 26.7 Å². The number of nitrogens with zero attached hydrogens (tertiary/aromatic N) is 1. The van der Waals surface area contributed by atoms with E-state index in [1.54, 1.807) is 19.2 Å². The number of halogens is 1. The molecule has 2 N–H and O–H groups in total. The van der Waals surface area contributed by atoms with Gasteiger partial charge in [0, 0.05) is 12.1 Å². The van der Waals surface area contributed by atoms with Gasteiger partial charge in [-0.05, 0) is 63.0 Å². The van der Waals surface area contributed by atoms with Crippen LogP contribution in [0.2, 0.25) is 0 Å². The van der Waals surface area contributed by atoms with Crippen molar-refractivity contribution >= 4 is 0 Å². The summed E-state index contributed by atoms with van der Waals surface area (Å²) in [5.41, 5.74) is 6.53. The highest BCUT2D eigenvalue weighted by Gasteiger charge is 2.19. The predicted molar refractivity (Wildman–Crippen MR) is 74.6 cm³/mol. The van der Waals surface area contributed by atoms with Gasteiger partial charge >= 0.3 is 0 Å². The Kier molecular flexibility index (Phi) is 5.16. The van der Waals surface area contributed by atoms with Crippen LogP contribution in [0, 0.1) is 11.7 Å². The van der Waals surface area contributed by atoms with Crippen LogP contribution in [-0.4, -0.2) is 31.6 Å². The summed E-state index contributed by atoms with van der Waals surface area (Å²) in [5, 5.41) is 0. The Labute approximate surface area is 114 Å². The van der Waals surface area contributed by atoms with Gasteiger partial charge in [-0.2, -0.15) is 0 Å². The van der Waals surface area contributed by atoms with Gasteiger partial charge in [0.25, 0.3) is 0 Å². The molecule has 0 bridgehead atoms. The van der Waals surface area contributed by atoms with Gasteiger partial charge in [0.2, 0.25) is 0 Å². The zero-order valence-electron chi connectivity index (χ0n) is 11.6. The Balaban J connectivity index is 1.93. The highest BCUT2D eigenvalue weighted by molar-refractivity contribution is 5.33. The van der Waals surface area contributed by atoms with Crippen LogP contribution in [0.5, 0.6) is 5.75 Å². The zero-order valence-corrected chi connectivity index (χ0v) is 11.6. The Morgan fingerprint density at radius 3 is 2.74 bits per heavy atom. The van der Waals surface area contributed by atoms with E-state index in [4.69, 9.17) is 10.5 Å². The molecule has 0 aromatic heterocycles. The van der Waals surface area contributed by atoms with E-state index in [2.05, 4.69) is 4.90 Å². The Morgan fingerprint density at radius 2 is 2.11 bits per heavy atom. The zero-order chi connectivity index (χ0) is 13.7. The molecule has 0 spiro atoms. The summed E-state index contributed by atoms with van der Waals surface area (Å²) in [7, 11) is 1.63. The van der Waals surface area contributed by atoms with Gasteiger partial charge in [-0.3, -0.25) is 4.90 Å². The normalized spacial score (nSPS) is 17.6. The van der Waals surface area contributed by atoms with Crippen LogP contribution in [-0.2, 0) is 6.54 Å². The first kappa shape index (κ1) is 14.3. The average Bonchev–Trinajstić information content (AvgIpc) is 2.42. The third kappa shape index (κ3) is 3.91. The SMILES string of the molecule is COc1ccc(F)cc1CN1CCC(CCN)CC1. The van der Waals surface area contributed by atoms with Crippen molar-refractivity contribution < 1.29 is 9.13 Å². The topological polar surface area (TPSA) is 38.5 Å². The van der Waals surface area contributed by atoms with E-state index in [1.165, 1.54) is 18.9 Å². The Morgan fingerprint density at radius 1 is 1.37 bits per heavy atom. The molecule has 1 aliphatic heterocycles. The van der Waals surface area contributed by atoms with E-state index in [0.29, 0.717) is 0 Å². The maximum Gasteiger partial charge on any atom is 0.123 e. The van der Waals surface area contributed by atoms with E-state index in [1.807, 2.05) is 0 Å². The first-order valence-corrected chi connectivity index (χ1v) is 6.97. The third-order valence-corrected chi connectivity index (χ3v) is 3.92. The van der Waals surface area contributed by atoms with Gasteiger partial charge in [0.1, 0.15) is 11.6 Å². The maximum absolute atomic E-state index is 13.3. The van der Waals surface area contributed by atoms with Crippen molar-refractivity contribution in [1.82, 2.24) is 4.90 Å². The van der Waals surface area contributed by atoms with E-state index in [-0.39, 0.29) is 5.82 Å². The van der Waals surface area contributed by atoms with Crippen LogP contribution in [0.25, 0.3) is 0 Å². The molecule has 0 amide bonds. The molecule has 1 fully saturated rings. The summed E-state index contributed by atoms with van der Waals surface area (Å²) in [6.45, 7) is 3.66. The second kappa shape index (κ2) is 6.87. The van der Waals surface area contributed by atoms with Gasteiger partial charge in [-0.1, -0.05) is 0 Å². The van der Waals surface area contributed by atoms with Crippen LogP contribution < -0.4 is 10.5 Å². The van der Waals surface area contributed by atoms with Crippen LogP contribution in [0.15, 0.2) is 18.2 Å². The van der Waals surface area contributed by atoms with Gasteiger partial charge < -0.3 is 10.5 Å². The summed E-state index contributed by atoms with van der Waals surface area (Å²) >= 11 is 0. The van der Waals surface area contributed by atoms with Crippen molar-refractivity contribution in [1.29, 1.82) is 0 Å². The second-order valence-electron chi connectivity index (χ2n) is 5.25. The molecule has 2 rings (SSSR count). The van der Waals surface area contributed by atoms with Crippen LogP contribution in [0.4, 0.5) is 4.39 Å². The smallest absolute Gasteiger partial charge is 0.123 e. The van der Waals surface area contributed by atoms with Crippen molar-refractivity contribution in [3.63, 3.8) is 0 Å². The number of likely N-dealkylation sites (tertiary alicyclic amines) is 1. The third-order valence-electron chi connectivity index (χ3n) is 3.92. The largest absolute Gasteiger partial charge is 0.496 e. The summed E-state index contributed by atoms with van der Waals surface area (Å²) < 4.78 is 18.6. The molecule has 19 heavy (non-hydrogen) atoms. The predicted octanol–water partition coefficient (Wildman–Crippen LogP) is 2.40. The van der Waals surface area contributed by atoms with Crippen LogP contribution in [0.1, 0.15) is 24.8 Å². The summed E-state index contributed by atoms with van der Waals surface area (Å²) in [6, 6.07) is 4.71. The fourth-order valence-corrected chi connectivity index (χ4v) is 2.78. The highest BCUT2D eigenvalue weighted by Crippen LogP contribution is 2.25. The molecular formula is C15H23FN2O. The number of ether oxygens (including phenoxy) is 1. The molecule has 1 aromatic rings. The van der Waals surface area contributed by atoms with E-state index < -0.39 is 0 Å². The highest BCUT2D eigenvalue weighted by atomic mass is 19.1. The maximum atomic E-state index is 13.3. The monoisotopic (exact) mass is 266 g/mol. The first-order valence-electron chi connectivity index (χ1n) is 6.97. The molecule has 1 aliphatic rings. The molecule has 1 aromatic carbocycles. The Bertz CT molecular complexity index is 403. The van der Waals surface area contributed by atoms with Crippen molar-refractivity contribution in [2.24, 2.45) is 11.7 Å². The summed E-state index contributed by atoms with van der Waals surface area (Å²) in [5.74, 6) is 1.33. The number of rotatable bonds is 5. The summed E-state index contributed by atoms with van der Waals surface area (Å²) in [4.78, 5) is 2.37. The molecule has 0 atom stereocenters. The van der Waals surface area contributed by atoms with Gasteiger partial charge in [0.15, 0.2) is 0 Å². The lowest BCUT2D eigenvalue weighted by Gasteiger charge is -2.32. The van der Waals surface area contributed by atoms with E-state index in [0.717, 1.165) is 49.8 Å². The van der Waals surface area contributed by atoms with Crippen LogP contribution >= 0.6 is 0 Å². The fourth-order valence-electron chi connectivity index (χ4n) is 2.78. The molecule has 3 nitrogen and oxygen atoms in total. The van der Waals surface area contributed by atoms with Crippen molar-refractivity contribution in [2.45, 2.75) is 25.8 Å². The number of hydrogen-bond donors (Lipinski definition) is 1. The minimum absolute atomic E-state index is 0.200. The lowest BCUT2D eigenvalue weighted by Crippen LogP contribution is -2.34. The van der Waals surface area contributed by atoms with Gasteiger partial charge in [0.05, 0.1) is 7.11 Å². The molecule has 0 unspecified atom stereocenters. The van der Waals surface area contributed by atoms with Crippen molar-refractivity contribution in [3.8, 4) is 5.75 Å². The fraction of sp³-hybridized carbons (Fsp3) is 0.600. The van der Waals surface area contributed by atoms with E-state index >= 15 is 0 Å². The molecule has 1 heterocycles. The minimum Gasteiger partial charge on any atom is -0.496 e. The van der Waals surface area contributed by atoms with Gasteiger partial charge in [-0.25, -0.2) is 4.39 Å². The lowest BCUT2D eigenvalue weighted by molar-refractivity contribution is 0.172. The summed E-state index contributed by atoms with van der Waals surface area (Å²) in [6.07, 6.45) is 3.50. The number of benzene rings is 1.